The van der Waals surface area contributed by atoms with Gasteiger partial charge in [-0.05, 0) is 18.6 Å². The molecule has 4 nitrogen and oxygen atoms in total. The summed E-state index contributed by atoms with van der Waals surface area (Å²) in [7, 11) is 1.64. The summed E-state index contributed by atoms with van der Waals surface area (Å²) in [5, 5.41) is 2.98. The second-order valence-electron chi connectivity index (χ2n) is 6.65. The van der Waals surface area contributed by atoms with E-state index in [2.05, 4.69) is 31.5 Å². The average Bonchev–Trinajstić information content (AvgIpc) is 2.74. The second-order valence-corrected chi connectivity index (χ2v) is 6.65. The third-order valence-corrected chi connectivity index (χ3v) is 4.66. The van der Waals surface area contributed by atoms with Crippen LogP contribution in [0, 0.1) is 77.7 Å². The number of carbonyl (C=O) groups excluding carboxylic acids is 2. The largest absolute Gasteiger partial charge is 2.00 e. The van der Waals surface area contributed by atoms with Crippen LogP contribution in [0.2, 0.25) is 0 Å². The summed E-state index contributed by atoms with van der Waals surface area (Å²) in [5.74, 6) is 1.10. The number of aryl methyl sites for hydroxylation is 2. The molecule has 0 bridgehead atoms. The Bertz CT molecular complexity index is 728. The number of amides is 1. The molecule has 0 atom stereocenters. The summed E-state index contributed by atoms with van der Waals surface area (Å²) < 4.78 is 5.26. The van der Waals surface area contributed by atoms with Crippen molar-refractivity contribution in [2.24, 2.45) is 5.92 Å². The quantitative estimate of drug-likeness (QED) is 0.310. The molecule has 162 valence electrons. The van der Waals surface area contributed by atoms with Gasteiger partial charge >= 0.3 is 82.5 Å². The van der Waals surface area contributed by atoms with Crippen LogP contribution < -0.4 is 61.4 Å². The van der Waals surface area contributed by atoms with Gasteiger partial charge < -0.3 is 47.2 Å². The van der Waals surface area contributed by atoms with E-state index in [9.17, 15) is 4.79 Å². The van der Waals surface area contributed by atoms with E-state index in [4.69, 9.17) is 9.53 Å². The molecule has 0 aromatic heterocycles. The zero-order valence-corrected chi connectivity index (χ0v) is 26.7. The van der Waals surface area contributed by atoms with E-state index >= 15 is 0 Å². The molecular weight excluding hydrogens is 639 g/mol. The molecule has 0 saturated heterocycles. The zero-order chi connectivity index (χ0) is 20.9. The Morgan fingerprint density at radius 3 is 2.29 bits per heavy atom. The fourth-order valence-electron chi connectivity index (χ4n) is 2.89. The third kappa shape index (κ3) is 13.3. The molecule has 2 aromatic rings. The molecule has 1 saturated carbocycles. The van der Waals surface area contributed by atoms with Crippen molar-refractivity contribution >= 4 is 18.4 Å². The van der Waals surface area contributed by atoms with Gasteiger partial charge in [0.1, 0.15) is 5.75 Å². The molecule has 0 heterocycles. The van der Waals surface area contributed by atoms with Gasteiger partial charge in [-0.3, -0.25) is 17.1 Å². The minimum atomic E-state index is 0. The maximum atomic E-state index is 12.1. The van der Waals surface area contributed by atoms with Gasteiger partial charge in [-0.15, -0.1) is 13.0 Å². The topological polar surface area (TPSA) is 55.4 Å². The first-order chi connectivity index (χ1) is 13.5. The van der Waals surface area contributed by atoms with Gasteiger partial charge in [-0.2, -0.15) is 25.0 Å². The first-order valence-electron chi connectivity index (χ1n) is 9.31. The van der Waals surface area contributed by atoms with Crippen LogP contribution in [0.1, 0.15) is 42.4 Å². The van der Waals surface area contributed by atoms with Crippen molar-refractivity contribution in [1.82, 2.24) is 0 Å². The van der Waals surface area contributed by atoms with E-state index in [1.165, 1.54) is 5.56 Å². The van der Waals surface area contributed by atoms with Gasteiger partial charge in [-0.25, -0.2) is 0 Å². The van der Waals surface area contributed by atoms with Crippen LogP contribution in [0.4, 0.5) is 5.69 Å². The Balaban J connectivity index is -0.000000516. The molecule has 0 aliphatic heterocycles. The predicted octanol–water partition coefficient (Wildman–Crippen LogP) is 2.49. The molecule has 1 aliphatic carbocycles. The number of ether oxygens (including phenoxy) is 1. The number of benzene rings is 2. The van der Waals surface area contributed by atoms with Gasteiger partial charge in [0.2, 0.25) is 5.91 Å². The van der Waals surface area contributed by atoms with Crippen molar-refractivity contribution in [1.29, 1.82) is 0 Å². The first-order valence-corrected chi connectivity index (χ1v) is 9.31. The Labute approximate surface area is 255 Å². The summed E-state index contributed by atoms with van der Waals surface area (Å²) in [5.41, 5.74) is 4.08. The van der Waals surface area contributed by atoms with E-state index in [1.54, 1.807) is 7.11 Å². The van der Waals surface area contributed by atoms with Crippen molar-refractivity contribution < 1.29 is 96.8 Å². The van der Waals surface area contributed by atoms with Crippen LogP contribution in [0.15, 0.2) is 36.4 Å². The molecule has 1 amide bonds. The third-order valence-electron chi connectivity index (χ3n) is 4.66. The number of hydrogen-bond donors (Lipinski definition) is 1. The minimum absolute atomic E-state index is 0. The number of anilines is 1. The van der Waals surface area contributed by atoms with Crippen LogP contribution in [-0.4, -0.2) is 19.8 Å². The molecule has 0 unspecified atom stereocenters. The number of hydrogen-bond acceptors (Lipinski definition) is 3. The van der Waals surface area contributed by atoms with Gasteiger partial charge in [0.15, 0.2) is 0 Å². The number of nitrogens with one attached hydrogen (secondary N) is 1. The number of carbonyl (C=O) groups is 1. The molecule has 2 aromatic carbocycles. The summed E-state index contributed by atoms with van der Waals surface area (Å²) in [6.45, 7) is 11.0. The zero-order valence-electron chi connectivity index (χ0n) is 19.5. The minimum Gasteiger partial charge on any atom is -0.545 e. The molecule has 0 radical (unpaired) electrons. The maximum Gasteiger partial charge on any atom is 2.00 e. The summed E-state index contributed by atoms with van der Waals surface area (Å²) >= 11 is 0. The van der Waals surface area contributed by atoms with Crippen LogP contribution in [0.3, 0.4) is 0 Å². The smallest absolute Gasteiger partial charge is 0.545 e. The monoisotopic (exact) mass is 671 g/mol. The van der Waals surface area contributed by atoms with Crippen molar-refractivity contribution in [3.8, 4) is 5.75 Å². The normalized spacial score (nSPS) is 12.0. The Morgan fingerprint density at radius 1 is 1.19 bits per heavy atom. The SMILES string of the molecule is COc1cc(NC(=O)C2CC[CH-]CC2)ccc1C.[CH-]=O.[CH2-]c1[c-]cccc1C.[CH3-].[K+].[U+2]. The van der Waals surface area contributed by atoms with Gasteiger partial charge in [0.25, 0.3) is 0 Å². The van der Waals surface area contributed by atoms with Crippen molar-refractivity contribution in [2.75, 3.05) is 12.4 Å². The van der Waals surface area contributed by atoms with E-state index < -0.39 is 0 Å². The second kappa shape index (κ2) is 20.5. The Morgan fingerprint density at radius 2 is 1.81 bits per heavy atom. The molecule has 0 spiro atoms. The van der Waals surface area contributed by atoms with Crippen LogP contribution in [0.25, 0.3) is 0 Å². The Hall–Kier alpha value is -0.0617. The summed E-state index contributed by atoms with van der Waals surface area (Å²) in [4.78, 5) is 19.8. The van der Waals surface area contributed by atoms with Crippen LogP contribution in [0.5, 0.6) is 5.75 Å². The molecule has 31 heavy (non-hydrogen) atoms. The van der Waals surface area contributed by atoms with Crippen LogP contribution in [-0.2, 0) is 9.59 Å². The summed E-state index contributed by atoms with van der Waals surface area (Å²) in [6, 6.07) is 14.6. The molecular formula is C25H32KNO3U-2. The van der Waals surface area contributed by atoms with E-state index in [1.807, 2.05) is 50.2 Å². The van der Waals surface area contributed by atoms with E-state index in [-0.39, 0.29) is 102 Å². The van der Waals surface area contributed by atoms with Crippen molar-refractivity contribution in [2.45, 2.75) is 39.5 Å². The fourth-order valence-corrected chi connectivity index (χ4v) is 2.89. The van der Waals surface area contributed by atoms with Gasteiger partial charge in [0.05, 0.1) is 7.11 Å². The molecule has 1 aliphatic rings. The van der Waals surface area contributed by atoms with Crippen molar-refractivity contribution in [3.05, 3.63) is 79.9 Å². The van der Waals surface area contributed by atoms with Gasteiger partial charge in [0, 0.05) is 17.7 Å². The Kier molecular flexibility index (Phi) is 23.5. The number of rotatable bonds is 3. The van der Waals surface area contributed by atoms with E-state index in [0.717, 1.165) is 48.2 Å². The van der Waals surface area contributed by atoms with Gasteiger partial charge in [-0.1, -0.05) is 18.9 Å². The van der Waals surface area contributed by atoms with Crippen LogP contribution >= 0.6 is 0 Å². The maximum absolute atomic E-state index is 12.1. The average molecular weight is 672 g/mol. The molecule has 1 N–H and O–H groups in total. The molecule has 1 fully saturated rings. The standard InChI is InChI=1S/C15H20NO2.C8H8.CHO.CH3.K.U/c1-11-8-9-13(10-14(11)18-2)16-15(17)12-6-4-3-5-7-12;1-7-5-3-4-6-8(7)2;1-2;;;/h3,8-10,12H,4-7H2,1-2H3,(H,16,17);3-4,6H,1H2,2H3;1H;1H3;;/q-1;-2;2*-1;+1;+2. The van der Waals surface area contributed by atoms with Crippen molar-refractivity contribution in [3.63, 3.8) is 0 Å². The van der Waals surface area contributed by atoms with E-state index in [0.29, 0.717) is 0 Å². The first kappa shape index (κ1) is 35.5. The number of methoxy groups -OCH3 is 1. The fraction of sp³-hybridized carbons (Fsp3) is 0.320. The predicted molar refractivity (Wildman–Crippen MR) is 120 cm³/mol. The molecule has 6 heteroatoms. The molecule has 3 rings (SSSR count). The summed E-state index contributed by atoms with van der Waals surface area (Å²) in [6.07, 6.45) is 6.30.